The zero-order valence-electron chi connectivity index (χ0n) is 18.9. The maximum absolute atomic E-state index is 13.1. The van der Waals surface area contributed by atoms with Gasteiger partial charge in [0.2, 0.25) is 10.0 Å². The van der Waals surface area contributed by atoms with Crippen molar-refractivity contribution in [2.45, 2.75) is 18.7 Å². The first-order valence-corrected chi connectivity index (χ1v) is 13.3. The van der Waals surface area contributed by atoms with Crippen molar-refractivity contribution >= 4 is 43.2 Å². The topological polar surface area (TPSA) is 83.5 Å². The van der Waals surface area contributed by atoms with E-state index in [0.29, 0.717) is 31.7 Å². The number of hydrogen-bond acceptors (Lipinski definition) is 7. The second-order valence-corrected chi connectivity index (χ2v) is 11.2. The number of sulfonamides is 1. The highest BCUT2D eigenvalue weighted by molar-refractivity contribution is 7.89. The minimum Gasteiger partial charge on any atom is -0.353 e. The standard InChI is InChI=1S/C25H24N4O3S2/c1-17-3-5-20(6-4-17)22-15-33-25-23(22)24(26-16-27-25)28-11-13-29(14-12-28)34(31,32)21-9-7-19(8-10-21)18(2)30/h3-10,15-16H,11-14H2,1-2H3. The zero-order valence-corrected chi connectivity index (χ0v) is 20.6. The lowest BCUT2D eigenvalue weighted by Crippen LogP contribution is -2.49. The van der Waals surface area contributed by atoms with Crippen molar-refractivity contribution in [3.05, 3.63) is 71.4 Å². The largest absolute Gasteiger partial charge is 0.353 e. The molecule has 5 rings (SSSR count). The summed E-state index contributed by atoms with van der Waals surface area (Å²) in [6.45, 7) is 5.29. The highest BCUT2D eigenvalue weighted by Crippen LogP contribution is 2.38. The highest BCUT2D eigenvalue weighted by atomic mass is 32.2. The van der Waals surface area contributed by atoms with Gasteiger partial charge in [-0.05, 0) is 31.5 Å². The van der Waals surface area contributed by atoms with E-state index in [1.54, 1.807) is 29.8 Å². The fraction of sp³-hybridized carbons (Fsp3) is 0.240. The van der Waals surface area contributed by atoms with Gasteiger partial charge in [-0.15, -0.1) is 11.3 Å². The number of ketones is 1. The van der Waals surface area contributed by atoms with Crippen molar-refractivity contribution in [2.24, 2.45) is 0 Å². The van der Waals surface area contributed by atoms with E-state index in [9.17, 15) is 13.2 Å². The summed E-state index contributed by atoms with van der Waals surface area (Å²) in [4.78, 5) is 23.8. The van der Waals surface area contributed by atoms with Crippen LogP contribution in [0.5, 0.6) is 0 Å². The van der Waals surface area contributed by atoms with Crippen LogP contribution in [0.4, 0.5) is 5.82 Å². The van der Waals surface area contributed by atoms with Crippen molar-refractivity contribution in [1.29, 1.82) is 0 Å². The number of thiophene rings is 1. The molecule has 0 N–H and O–H groups in total. The van der Waals surface area contributed by atoms with Crippen LogP contribution in [0.15, 0.2) is 65.1 Å². The van der Waals surface area contributed by atoms with Gasteiger partial charge in [-0.1, -0.05) is 42.0 Å². The SMILES string of the molecule is CC(=O)c1ccc(S(=O)(=O)N2CCN(c3ncnc4scc(-c5ccc(C)cc5)c34)CC2)cc1. The molecule has 1 aliphatic rings. The molecule has 2 aromatic carbocycles. The lowest BCUT2D eigenvalue weighted by Gasteiger charge is -2.35. The van der Waals surface area contributed by atoms with Gasteiger partial charge in [-0.25, -0.2) is 18.4 Å². The summed E-state index contributed by atoms with van der Waals surface area (Å²) in [5.41, 5.74) is 3.91. The highest BCUT2D eigenvalue weighted by Gasteiger charge is 2.30. The number of carbonyl (C=O) groups is 1. The normalized spacial score (nSPS) is 15.1. The van der Waals surface area contributed by atoms with Gasteiger partial charge in [0, 0.05) is 42.7 Å². The van der Waals surface area contributed by atoms with E-state index >= 15 is 0 Å². The van der Waals surface area contributed by atoms with Gasteiger partial charge in [0.15, 0.2) is 5.78 Å². The Bertz CT molecular complexity index is 1450. The van der Waals surface area contributed by atoms with E-state index in [4.69, 9.17) is 0 Å². The van der Waals surface area contributed by atoms with Crippen LogP contribution in [0.2, 0.25) is 0 Å². The van der Waals surface area contributed by atoms with Crippen molar-refractivity contribution in [1.82, 2.24) is 14.3 Å². The van der Waals surface area contributed by atoms with Crippen molar-refractivity contribution in [2.75, 3.05) is 31.1 Å². The molecule has 0 bridgehead atoms. The molecule has 0 amide bonds. The molecule has 1 saturated heterocycles. The number of aryl methyl sites for hydroxylation is 1. The Morgan fingerprint density at radius 2 is 1.62 bits per heavy atom. The van der Waals surface area contributed by atoms with Crippen LogP contribution in [0.25, 0.3) is 21.3 Å². The van der Waals surface area contributed by atoms with Gasteiger partial charge in [0.1, 0.15) is 17.0 Å². The molecule has 4 aromatic rings. The Kier molecular flexibility index (Phi) is 5.93. The Hall–Kier alpha value is -3.14. The maximum atomic E-state index is 13.1. The quantitative estimate of drug-likeness (QED) is 0.385. The molecule has 0 spiro atoms. The average molecular weight is 493 g/mol. The molecular formula is C25H24N4O3S2. The number of rotatable bonds is 5. The van der Waals surface area contributed by atoms with Crippen molar-refractivity contribution in [3.8, 4) is 11.1 Å². The summed E-state index contributed by atoms with van der Waals surface area (Å²) in [6, 6.07) is 14.5. The van der Waals surface area contributed by atoms with Crippen LogP contribution in [0, 0.1) is 6.92 Å². The molecule has 0 radical (unpaired) electrons. The Balaban J connectivity index is 1.39. The van der Waals surface area contributed by atoms with Gasteiger partial charge >= 0.3 is 0 Å². The number of nitrogens with zero attached hydrogens (tertiary/aromatic N) is 4. The maximum Gasteiger partial charge on any atom is 0.243 e. The molecule has 174 valence electrons. The molecule has 2 aromatic heterocycles. The summed E-state index contributed by atoms with van der Waals surface area (Å²) >= 11 is 1.59. The number of carbonyl (C=O) groups excluding carboxylic acids is 1. The van der Waals surface area contributed by atoms with E-state index in [1.807, 2.05) is 0 Å². The lowest BCUT2D eigenvalue weighted by molar-refractivity contribution is 0.101. The summed E-state index contributed by atoms with van der Waals surface area (Å²) < 4.78 is 27.8. The van der Waals surface area contributed by atoms with Gasteiger partial charge in [0.25, 0.3) is 0 Å². The van der Waals surface area contributed by atoms with E-state index in [-0.39, 0.29) is 10.7 Å². The molecule has 34 heavy (non-hydrogen) atoms. The number of fused-ring (bicyclic) bond motifs is 1. The molecule has 0 atom stereocenters. The van der Waals surface area contributed by atoms with E-state index in [2.05, 4.69) is 51.4 Å². The zero-order chi connectivity index (χ0) is 23.9. The fourth-order valence-corrected chi connectivity index (χ4v) is 6.53. The van der Waals surface area contributed by atoms with Crippen LogP contribution >= 0.6 is 11.3 Å². The third-order valence-corrected chi connectivity index (χ3v) is 8.95. The Labute approximate surface area is 202 Å². The average Bonchev–Trinajstić information content (AvgIpc) is 3.29. The number of anilines is 1. The third kappa shape index (κ3) is 4.11. The molecule has 0 saturated carbocycles. The van der Waals surface area contributed by atoms with Crippen LogP contribution in [0.3, 0.4) is 0 Å². The van der Waals surface area contributed by atoms with Crippen LogP contribution in [-0.2, 0) is 10.0 Å². The number of hydrogen-bond donors (Lipinski definition) is 0. The van der Waals surface area contributed by atoms with Crippen LogP contribution < -0.4 is 4.90 Å². The minimum absolute atomic E-state index is 0.0906. The molecule has 7 nitrogen and oxygen atoms in total. The molecule has 3 heterocycles. The fourth-order valence-electron chi connectivity index (χ4n) is 4.20. The summed E-state index contributed by atoms with van der Waals surface area (Å²) in [7, 11) is -3.63. The lowest BCUT2D eigenvalue weighted by atomic mass is 10.0. The van der Waals surface area contributed by atoms with E-state index in [1.165, 1.54) is 28.9 Å². The van der Waals surface area contributed by atoms with Crippen LogP contribution in [-0.4, -0.2) is 54.7 Å². The summed E-state index contributed by atoms with van der Waals surface area (Å²) in [5.74, 6) is 0.747. The van der Waals surface area contributed by atoms with Gasteiger partial charge < -0.3 is 4.90 Å². The molecule has 1 fully saturated rings. The molecular weight excluding hydrogens is 468 g/mol. The minimum atomic E-state index is -3.63. The smallest absolute Gasteiger partial charge is 0.243 e. The van der Waals surface area contributed by atoms with Gasteiger partial charge in [-0.2, -0.15) is 4.31 Å². The van der Waals surface area contributed by atoms with Crippen molar-refractivity contribution < 1.29 is 13.2 Å². The van der Waals surface area contributed by atoms with E-state index < -0.39 is 10.0 Å². The van der Waals surface area contributed by atoms with E-state index in [0.717, 1.165) is 27.2 Å². The van der Waals surface area contributed by atoms with Crippen LogP contribution in [0.1, 0.15) is 22.8 Å². The molecule has 0 unspecified atom stereocenters. The predicted octanol–water partition coefficient (Wildman–Crippen LogP) is 4.38. The first kappa shape index (κ1) is 22.6. The number of aromatic nitrogens is 2. The van der Waals surface area contributed by atoms with Crippen molar-refractivity contribution in [3.63, 3.8) is 0 Å². The molecule has 9 heteroatoms. The Morgan fingerprint density at radius 1 is 0.941 bits per heavy atom. The molecule has 1 aliphatic heterocycles. The number of Topliss-reactive ketones (excluding diaryl/α,β-unsaturated/α-hetero) is 1. The van der Waals surface area contributed by atoms with Gasteiger partial charge in [-0.3, -0.25) is 4.79 Å². The van der Waals surface area contributed by atoms with Gasteiger partial charge in [0.05, 0.1) is 10.3 Å². The third-order valence-electron chi connectivity index (χ3n) is 6.15. The summed E-state index contributed by atoms with van der Waals surface area (Å²) in [6.07, 6.45) is 1.58. The number of benzene rings is 2. The number of piperazine rings is 1. The predicted molar refractivity (Wildman–Crippen MR) is 135 cm³/mol. The first-order valence-electron chi connectivity index (χ1n) is 11.0. The first-order chi connectivity index (χ1) is 16.3. The second kappa shape index (κ2) is 8.90. The Morgan fingerprint density at radius 3 is 2.26 bits per heavy atom. The molecule has 0 aliphatic carbocycles. The monoisotopic (exact) mass is 492 g/mol. The summed E-state index contributed by atoms with van der Waals surface area (Å²) in [5, 5.41) is 3.12. The second-order valence-electron chi connectivity index (χ2n) is 8.36.